The summed E-state index contributed by atoms with van der Waals surface area (Å²) in [6, 6.07) is 0.303. The van der Waals surface area contributed by atoms with Crippen LogP contribution in [0.5, 0.6) is 0 Å². The molecule has 1 fully saturated rings. The van der Waals surface area contributed by atoms with E-state index in [-0.39, 0.29) is 11.2 Å². The van der Waals surface area contributed by atoms with E-state index in [1.165, 1.54) is 5.56 Å². The Balaban J connectivity index is 2.29. The minimum atomic E-state index is -0.168. The molecule has 1 atom stereocenters. The van der Waals surface area contributed by atoms with Gasteiger partial charge in [-0.3, -0.25) is 4.68 Å². The van der Waals surface area contributed by atoms with Gasteiger partial charge in [0.05, 0.1) is 22.9 Å². The number of aryl methyl sites for hydroxylation is 1. The summed E-state index contributed by atoms with van der Waals surface area (Å²) in [7, 11) is 1.96. The Kier molecular flexibility index (Phi) is 3.28. The topological polar surface area (TPSA) is 39.1 Å². The molecule has 1 aromatic rings. The maximum absolute atomic E-state index is 6.14. The second kappa shape index (κ2) is 4.35. The Bertz CT molecular complexity index is 434. The second-order valence-electron chi connectivity index (χ2n) is 6.44. The van der Waals surface area contributed by atoms with E-state index in [0.717, 1.165) is 18.7 Å². The molecule has 1 aliphatic heterocycles. The molecular weight excluding hydrogens is 226 g/mol. The lowest BCUT2D eigenvalue weighted by Crippen LogP contribution is -2.31. The van der Waals surface area contributed by atoms with Crippen LogP contribution in [-0.2, 0) is 11.3 Å². The van der Waals surface area contributed by atoms with Gasteiger partial charge in [0.1, 0.15) is 0 Å². The highest BCUT2D eigenvalue weighted by Gasteiger charge is 2.47. The van der Waals surface area contributed by atoms with E-state index in [0.29, 0.717) is 6.04 Å². The molecule has 1 unspecified atom stereocenters. The summed E-state index contributed by atoms with van der Waals surface area (Å²) < 4.78 is 8.23. The van der Waals surface area contributed by atoms with Gasteiger partial charge in [0.2, 0.25) is 0 Å². The fourth-order valence-electron chi connectivity index (χ4n) is 2.99. The molecule has 1 N–H and O–H groups in total. The minimum Gasteiger partial charge on any atom is -0.367 e. The molecule has 0 amide bonds. The Morgan fingerprint density at radius 1 is 1.44 bits per heavy atom. The molecule has 1 saturated heterocycles. The number of hydrogen-bond donors (Lipinski definition) is 1. The zero-order valence-corrected chi connectivity index (χ0v) is 12.4. The van der Waals surface area contributed by atoms with Crippen LogP contribution in [-0.4, -0.2) is 28.0 Å². The molecule has 18 heavy (non-hydrogen) atoms. The van der Waals surface area contributed by atoms with Gasteiger partial charge in [-0.1, -0.05) is 0 Å². The van der Waals surface area contributed by atoms with Crippen molar-refractivity contribution in [2.75, 3.05) is 7.05 Å². The van der Waals surface area contributed by atoms with Gasteiger partial charge < -0.3 is 10.1 Å². The van der Waals surface area contributed by atoms with E-state index in [1.54, 1.807) is 0 Å². The lowest BCUT2D eigenvalue weighted by Gasteiger charge is -2.27. The van der Waals surface area contributed by atoms with Crippen LogP contribution in [0.1, 0.15) is 51.4 Å². The van der Waals surface area contributed by atoms with Crippen molar-refractivity contribution in [3.63, 3.8) is 0 Å². The normalized spacial score (nSPS) is 25.6. The lowest BCUT2D eigenvalue weighted by atomic mass is 9.95. The van der Waals surface area contributed by atoms with Crippen molar-refractivity contribution in [3.05, 3.63) is 17.5 Å². The first-order chi connectivity index (χ1) is 8.25. The molecular formula is C14H25N3O. The van der Waals surface area contributed by atoms with Gasteiger partial charge >= 0.3 is 0 Å². The van der Waals surface area contributed by atoms with Crippen molar-refractivity contribution in [1.29, 1.82) is 0 Å². The van der Waals surface area contributed by atoms with Crippen LogP contribution in [0.15, 0.2) is 6.20 Å². The quantitative estimate of drug-likeness (QED) is 0.896. The third-order valence-corrected chi connectivity index (χ3v) is 3.73. The van der Waals surface area contributed by atoms with Crippen LogP contribution in [0.3, 0.4) is 0 Å². The maximum Gasteiger partial charge on any atom is 0.0857 e. The predicted octanol–water partition coefficient (Wildman–Crippen LogP) is 2.43. The van der Waals surface area contributed by atoms with E-state index in [2.05, 4.69) is 55.9 Å². The van der Waals surface area contributed by atoms with Crippen molar-refractivity contribution >= 4 is 0 Å². The van der Waals surface area contributed by atoms with Crippen molar-refractivity contribution < 1.29 is 4.74 Å². The highest BCUT2D eigenvalue weighted by molar-refractivity contribution is 5.16. The molecule has 4 heteroatoms. The average Bonchev–Trinajstić information content (AvgIpc) is 2.65. The first kappa shape index (κ1) is 13.6. The van der Waals surface area contributed by atoms with E-state index in [4.69, 9.17) is 4.74 Å². The van der Waals surface area contributed by atoms with Gasteiger partial charge in [0.25, 0.3) is 0 Å². The largest absolute Gasteiger partial charge is 0.367 e. The standard InChI is InChI=1S/C14H25N3O/c1-10-11(8-15-6)9-17(16-10)12-7-13(2,3)18-14(12,4)5/h9,12,15H,7-8H2,1-6H3. The summed E-state index contributed by atoms with van der Waals surface area (Å²) in [5.41, 5.74) is 2.12. The average molecular weight is 251 g/mol. The van der Waals surface area contributed by atoms with Gasteiger partial charge in [-0.2, -0.15) is 5.10 Å². The first-order valence-electron chi connectivity index (χ1n) is 6.64. The number of hydrogen-bond acceptors (Lipinski definition) is 3. The second-order valence-corrected chi connectivity index (χ2v) is 6.44. The Labute approximate surface area is 110 Å². The Hall–Kier alpha value is -0.870. The van der Waals surface area contributed by atoms with E-state index >= 15 is 0 Å². The zero-order chi connectivity index (χ0) is 13.6. The minimum absolute atomic E-state index is 0.0722. The van der Waals surface area contributed by atoms with Gasteiger partial charge in [-0.05, 0) is 41.7 Å². The summed E-state index contributed by atoms with van der Waals surface area (Å²) in [6.45, 7) is 11.5. The maximum atomic E-state index is 6.14. The molecule has 2 rings (SSSR count). The van der Waals surface area contributed by atoms with Crippen molar-refractivity contribution in [2.24, 2.45) is 0 Å². The van der Waals surface area contributed by atoms with Crippen LogP contribution in [0, 0.1) is 6.92 Å². The monoisotopic (exact) mass is 251 g/mol. The zero-order valence-electron chi connectivity index (χ0n) is 12.4. The summed E-state index contributed by atoms with van der Waals surface area (Å²) >= 11 is 0. The van der Waals surface area contributed by atoms with Crippen molar-refractivity contribution in [2.45, 2.75) is 64.8 Å². The van der Waals surface area contributed by atoms with Gasteiger partial charge in [0.15, 0.2) is 0 Å². The molecule has 0 spiro atoms. The van der Waals surface area contributed by atoms with Crippen LogP contribution in [0.4, 0.5) is 0 Å². The summed E-state index contributed by atoms with van der Waals surface area (Å²) in [5, 5.41) is 7.85. The molecule has 102 valence electrons. The molecule has 0 bridgehead atoms. The number of rotatable bonds is 3. The fraction of sp³-hybridized carbons (Fsp3) is 0.786. The van der Waals surface area contributed by atoms with E-state index in [1.807, 2.05) is 7.05 Å². The molecule has 4 nitrogen and oxygen atoms in total. The number of aromatic nitrogens is 2. The molecule has 1 aliphatic rings. The summed E-state index contributed by atoms with van der Waals surface area (Å²) in [5.74, 6) is 0. The summed E-state index contributed by atoms with van der Waals surface area (Å²) in [4.78, 5) is 0. The van der Waals surface area contributed by atoms with Gasteiger partial charge in [-0.15, -0.1) is 0 Å². The van der Waals surface area contributed by atoms with Crippen LogP contribution < -0.4 is 5.32 Å². The molecule has 2 heterocycles. The van der Waals surface area contributed by atoms with Gasteiger partial charge in [-0.25, -0.2) is 0 Å². The predicted molar refractivity (Wildman–Crippen MR) is 72.6 cm³/mol. The highest BCUT2D eigenvalue weighted by atomic mass is 16.5. The smallest absolute Gasteiger partial charge is 0.0857 e. The van der Waals surface area contributed by atoms with E-state index < -0.39 is 0 Å². The molecule has 0 aliphatic carbocycles. The van der Waals surface area contributed by atoms with Crippen LogP contribution in [0.2, 0.25) is 0 Å². The Morgan fingerprint density at radius 3 is 2.61 bits per heavy atom. The molecule has 0 aromatic carbocycles. The van der Waals surface area contributed by atoms with Crippen molar-refractivity contribution in [1.82, 2.24) is 15.1 Å². The van der Waals surface area contributed by atoms with Gasteiger partial charge in [0, 0.05) is 24.7 Å². The Morgan fingerprint density at radius 2 is 2.11 bits per heavy atom. The summed E-state index contributed by atoms with van der Waals surface area (Å²) in [6.07, 6.45) is 3.16. The number of nitrogens with zero attached hydrogens (tertiary/aromatic N) is 2. The highest BCUT2D eigenvalue weighted by Crippen LogP contribution is 2.44. The third kappa shape index (κ3) is 2.45. The molecule has 0 saturated carbocycles. The van der Waals surface area contributed by atoms with E-state index in [9.17, 15) is 0 Å². The first-order valence-corrected chi connectivity index (χ1v) is 6.64. The van der Waals surface area contributed by atoms with Crippen molar-refractivity contribution in [3.8, 4) is 0 Å². The SMILES string of the molecule is CNCc1cn(C2CC(C)(C)OC2(C)C)nc1C. The fourth-order valence-corrected chi connectivity index (χ4v) is 2.99. The van der Waals surface area contributed by atoms with Crippen LogP contribution >= 0.6 is 0 Å². The third-order valence-electron chi connectivity index (χ3n) is 3.73. The lowest BCUT2D eigenvalue weighted by molar-refractivity contribution is -0.0737. The number of nitrogens with one attached hydrogen (secondary N) is 1. The molecule has 1 aromatic heterocycles. The molecule has 0 radical (unpaired) electrons. The van der Waals surface area contributed by atoms with Crippen LogP contribution in [0.25, 0.3) is 0 Å². The number of ether oxygens (including phenoxy) is 1.